The molecule has 0 saturated heterocycles. The summed E-state index contributed by atoms with van der Waals surface area (Å²) in [5.74, 6) is -1.64. The predicted molar refractivity (Wildman–Crippen MR) is 102 cm³/mol. The zero-order valence-corrected chi connectivity index (χ0v) is 16.9. The van der Waals surface area contributed by atoms with Crippen LogP contribution in [0.25, 0.3) is 0 Å². The van der Waals surface area contributed by atoms with Crippen LogP contribution in [0.3, 0.4) is 0 Å². The number of amides is 1. The average Bonchev–Trinajstić information content (AvgIpc) is 2.84. The molecule has 27 heavy (non-hydrogen) atoms. The van der Waals surface area contributed by atoms with Gasteiger partial charge >= 0.3 is 5.97 Å². The van der Waals surface area contributed by atoms with Crippen molar-refractivity contribution in [3.63, 3.8) is 0 Å². The number of aromatic nitrogens is 2. The Hall–Kier alpha value is -2.12. The molecular weight excluding hydrogens is 396 g/mol. The van der Waals surface area contributed by atoms with Gasteiger partial charge in [0.05, 0.1) is 10.7 Å². The van der Waals surface area contributed by atoms with E-state index in [0.717, 1.165) is 6.07 Å². The van der Waals surface area contributed by atoms with E-state index in [9.17, 15) is 14.0 Å². The quantitative estimate of drug-likeness (QED) is 0.705. The summed E-state index contributed by atoms with van der Waals surface area (Å²) in [6.45, 7) is 7.61. The largest absolute Gasteiger partial charge is 0.449 e. The van der Waals surface area contributed by atoms with Gasteiger partial charge in [0.1, 0.15) is 16.5 Å². The minimum absolute atomic E-state index is 0.127. The monoisotopic (exact) mass is 415 g/mol. The van der Waals surface area contributed by atoms with E-state index in [0.29, 0.717) is 12.2 Å². The first-order valence-corrected chi connectivity index (χ1v) is 9.05. The molecule has 0 bridgehead atoms. The van der Waals surface area contributed by atoms with Crippen LogP contribution in [-0.4, -0.2) is 27.8 Å². The van der Waals surface area contributed by atoms with Gasteiger partial charge in [0.2, 0.25) is 0 Å². The first kappa shape index (κ1) is 21.2. The number of hydrogen-bond acceptors (Lipinski definition) is 4. The Morgan fingerprint density at radius 3 is 2.56 bits per heavy atom. The first-order valence-electron chi connectivity index (χ1n) is 8.30. The van der Waals surface area contributed by atoms with Gasteiger partial charge in [-0.15, -0.1) is 0 Å². The summed E-state index contributed by atoms with van der Waals surface area (Å²) in [5, 5.41) is 6.79. The van der Waals surface area contributed by atoms with E-state index in [1.165, 1.54) is 23.7 Å². The van der Waals surface area contributed by atoms with Crippen molar-refractivity contribution in [3.8, 4) is 0 Å². The molecule has 0 aliphatic rings. The van der Waals surface area contributed by atoms with E-state index in [-0.39, 0.29) is 27.3 Å². The molecule has 2 rings (SSSR count). The third kappa shape index (κ3) is 5.20. The Balaban J connectivity index is 2.07. The topological polar surface area (TPSA) is 73.2 Å². The second-order valence-corrected chi connectivity index (χ2v) is 7.26. The van der Waals surface area contributed by atoms with Crippen LogP contribution in [-0.2, 0) is 16.1 Å². The lowest BCUT2D eigenvalue weighted by Crippen LogP contribution is -2.30. The second kappa shape index (κ2) is 8.71. The fourth-order valence-electron chi connectivity index (χ4n) is 2.34. The molecule has 2 aromatic rings. The molecule has 0 unspecified atom stereocenters. The van der Waals surface area contributed by atoms with Gasteiger partial charge in [-0.3, -0.25) is 9.48 Å². The number of ether oxygens (including phenoxy) is 1. The summed E-state index contributed by atoms with van der Waals surface area (Å²) in [4.78, 5) is 24.7. The van der Waals surface area contributed by atoms with Gasteiger partial charge in [-0.25, -0.2) is 9.18 Å². The number of hydrogen-bond donors (Lipinski definition) is 1. The molecule has 9 heteroatoms. The number of benzene rings is 1. The number of esters is 1. The molecule has 0 aliphatic heterocycles. The van der Waals surface area contributed by atoms with Crippen LogP contribution in [0.4, 0.5) is 10.1 Å². The maximum absolute atomic E-state index is 13.2. The Kier molecular flexibility index (Phi) is 6.84. The molecular formula is C18H20Cl2FN3O3. The van der Waals surface area contributed by atoms with Crippen LogP contribution < -0.4 is 5.32 Å². The number of anilines is 1. The van der Waals surface area contributed by atoms with Crippen molar-refractivity contribution in [1.29, 1.82) is 0 Å². The fraction of sp³-hybridized carbons (Fsp3) is 0.389. The van der Waals surface area contributed by atoms with Crippen molar-refractivity contribution in [2.24, 2.45) is 5.92 Å². The summed E-state index contributed by atoms with van der Waals surface area (Å²) < 4.78 is 19.9. The average molecular weight is 416 g/mol. The van der Waals surface area contributed by atoms with Gasteiger partial charge in [0.25, 0.3) is 5.91 Å². The number of rotatable bonds is 6. The lowest BCUT2D eigenvalue weighted by atomic mass is 10.2. The minimum atomic E-state index is -1.11. The Morgan fingerprint density at radius 1 is 1.30 bits per heavy atom. The zero-order chi connectivity index (χ0) is 20.3. The molecule has 0 fully saturated rings. The highest BCUT2D eigenvalue weighted by Gasteiger charge is 2.26. The summed E-state index contributed by atoms with van der Waals surface area (Å²) in [6, 6.07) is 3.74. The zero-order valence-electron chi connectivity index (χ0n) is 15.3. The highest BCUT2D eigenvalue weighted by Crippen LogP contribution is 2.23. The highest BCUT2D eigenvalue weighted by molar-refractivity contribution is 6.32. The van der Waals surface area contributed by atoms with Gasteiger partial charge in [0.15, 0.2) is 6.10 Å². The highest BCUT2D eigenvalue weighted by atomic mass is 35.5. The van der Waals surface area contributed by atoms with E-state index in [2.05, 4.69) is 10.4 Å². The van der Waals surface area contributed by atoms with Gasteiger partial charge in [-0.1, -0.05) is 37.0 Å². The molecule has 1 atom stereocenters. The van der Waals surface area contributed by atoms with Crippen LogP contribution in [0.15, 0.2) is 18.2 Å². The van der Waals surface area contributed by atoms with Crippen molar-refractivity contribution < 1.29 is 18.7 Å². The second-order valence-electron chi connectivity index (χ2n) is 6.49. The maximum Gasteiger partial charge on any atom is 0.343 e. The number of nitrogens with zero attached hydrogens (tertiary/aromatic N) is 2. The number of carbonyl (C=O) groups is 2. The SMILES string of the molecule is Cc1nn(CC(C)C)c(Cl)c1C(=O)O[C@@H](C)C(=O)Nc1ccc(F)c(Cl)c1. The number of aryl methyl sites for hydroxylation is 1. The number of carbonyl (C=O) groups excluding carboxylic acids is 2. The smallest absolute Gasteiger partial charge is 0.343 e. The van der Waals surface area contributed by atoms with Crippen molar-refractivity contribution >= 4 is 40.8 Å². The molecule has 1 aromatic heterocycles. The Labute approximate surface area is 166 Å². The maximum atomic E-state index is 13.2. The summed E-state index contributed by atoms with van der Waals surface area (Å²) in [7, 11) is 0. The molecule has 0 aliphatic carbocycles. The molecule has 1 amide bonds. The number of nitrogens with one attached hydrogen (secondary N) is 1. The van der Waals surface area contributed by atoms with E-state index in [4.69, 9.17) is 27.9 Å². The summed E-state index contributed by atoms with van der Waals surface area (Å²) in [6.07, 6.45) is -1.11. The number of halogens is 3. The van der Waals surface area contributed by atoms with Crippen molar-refractivity contribution in [1.82, 2.24) is 9.78 Å². The van der Waals surface area contributed by atoms with Crippen molar-refractivity contribution in [2.45, 2.75) is 40.3 Å². The first-order chi connectivity index (χ1) is 12.6. The lowest BCUT2D eigenvalue weighted by molar-refractivity contribution is -0.123. The van der Waals surface area contributed by atoms with Crippen LogP contribution in [0.2, 0.25) is 10.2 Å². The fourth-order valence-corrected chi connectivity index (χ4v) is 2.84. The lowest BCUT2D eigenvalue weighted by Gasteiger charge is -2.14. The molecule has 1 N–H and O–H groups in total. The molecule has 146 valence electrons. The van der Waals surface area contributed by atoms with Gasteiger partial charge in [0, 0.05) is 12.2 Å². The molecule has 6 nitrogen and oxygen atoms in total. The van der Waals surface area contributed by atoms with Crippen LogP contribution in [0.5, 0.6) is 0 Å². The van der Waals surface area contributed by atoms with Crippen LogP contribution in [0.1, 0.15) is 36.8 Å². The van der Waals surface area contributed by atoms with E-state index < -0.39 is 23.8 Å². The third-order valence-electron chi connectivity index (χ3n) is 3.65. The van der Waals surface area contributed by atoms with Crippen molar-refractivity contribution in [2.75, 3.05) is 5.32 Å². The molecule has 0 spiro atoms. The van der Waals surface area contributed by atoms with Gasteiger partial charge in [-0.05, 0) is 38.0 Å². The summed E-state index contributed by atoms with van der Waals surface area (Å²) in [5.41, 5.74) is 0.832. The van der Waals surface area contributed by atoms with Crippen LogP contribution >= 0.6 is 23.2 Å². The molecule has 1 aromatic carbocycles. The Morgan fingerprint density at radius 2 is 1.96 bits per heavy atom. The predicted octanol–water partition coefficient (Wildman–Crippen LogP) is 4.48. The minimum Gasteiger partial charge on any atom is -0.449 e. The third-order valence-corrected chi connectivity index (χ3v) is 4.32. The van der Waals surface area contributed by atoms with Gasteiger partial charge in [-0.2, -0.15) is 5.10 Å². The Bertz CT molecular complexity index is 868. The normalized spacial score (nSPS) is 12.1. The van der Waals surface area contributed by atoms with E-state index in [1.807, 2.05) is 13.8 Å². The van der Waals surface area contributed by atoms with Crippen LogP contribution in [0, 0.1) is 18.7 Å². The van der Waals surface area contributed by atoms with E-state index in [1.54, 1.807) is 6.92 Å². The molecule has 0 radical (unpaired) electrons. The van der Waals surface area contributed by atoms with Crippen molar-refractivity contribution in [3.05, 3.63) is 45.4 Å². The molecule has 1 heterocycles. The summed E-state index contributed by atoms with van der Waals surface area (Å²) >= 11 is 11.9. The van der Waals surface area contributed by atoms with Gasteiger partial charge < -0.3 is 10.1 Å². The molecule has 0 saturated carbocycles. The van der Waals surface area contributed by atoms with E-state index >= 15 is 0 Å². The standard InChI is InChI=1S/C18H20Cl2FN3O3/c1-9(2)8-24-16(20)15(10(3)23-24)18(26)27-11(4)17(25)22-12-5-6-14(21)13(19)7-12/h5-7,9,11H,8H2,1-4H3,(H,22,25)/t11-/m0/s1.